The molecule has 0 aliphatic heterocycles. The van der Waals surface area contributed by atoms with Crippen molar-refractivity contribution in [1.29, 1.82) is 0 Å². The standard InChI is InChI=1S/C79H129FN28O21/c1-40(2)32-54(73(125)97-43(5)67(119)105-56(35-59(85)112)74(126)100-49(64(86)116)26-27-58(84)111)106-71(123)50(18-10-12-28-81)103-70(122)53(21-15-31-92-79(89)90)102-66(118)42(4)98-76(128)57(39-109)107-72(124)51(19-11-13-29-82)104-69(121)52(20-14-30-91-78(87)88)101-65(117)41(3)96-61(114)38-95-77(129)63(44(6)110)108-75(127)55(34-46-22-24-47(80)25-23-46)99-62(115)37-93-60(113)36-94-68(120)48(83)33-45-16-8-7-9-17-45/h7-9,16-17,22-25,40-44,48-57,63,109-110H,10-15,18-21,26-39,81-83H2,1-6H3,(H2,84,111)(H2,85,112)(H2,86,116)(H,93,113)(H,94,120)(H,95,129)(H,96,114)(H,97,125)(H,98,128)(H,99,115)(H,100,126)(H,101,117)(H,102,118)(H,103,122)(H,104,121)(H,105,119)(H,106,123)(H,107,124)(H,108,127)(H4,87,88,91)(H4,89,90,92)/t41-,42-,43-,44+,48-,49-,50-,51-,52-,53-,54-,55-,56-,57-,63-/m0/s1. The van der Waals surface area contributed by atoms with Gasteiger partial charge < -0.3 is 153 Å². The van der Waals surface area contributed by atoms with Crippen molar-refractivity contribution < 1.29 is 106 Å². The number of nitrogens with two attached hydrogens (primary N) is 10. The maximum absolute atomic E-state index is 14.4. The van der Waals surface area contributed by atoms with Crippen LogP contribution in [0.2, 0.25) is 0 Å². The van der Waals surface area contributed by atoms with Crippen LogP contribution in [0.25, 0.3) is 0 Å². The van der Waals surface area contributed by atoms with Gasteiger partial charge in [0.2, 0.25) is 112 Å². The molecule has 0 unspecified atom stereocenters. The molecule has 0 fully saturated rings. The minimum absolute atomic E-state index is 0.00890. The molecule has 0 spiro atoms. The van der Waals surface area contributed by atoms with Crippen molar-refractivity contribution in [2.45, 2.75) is 235 Å². The number of aliphatic imine (C=N–C) groups is 2. The van der Waals surface area contributed by atoms with E-state index in [4.69, 9.17) is 57.3 Å². The summed E-state index contributed by atoms with van der Waals surface area (Å²) in [7, 11) is 0. The lowest BCUT2D eigenvalue weighted by Crippen LogP contribution is -2.60. The first-order chi connectivity index (χ1) is 60.8. The number of hydrogen-bond donors (Lipinski definition) is 28. The predicted molar refractivity (Wildman–Crippen MR) is 465 cm³/mol. The van der Waals surface area contributed by atoms with Crippen LogP contribution in [0.4, 0.5) is 4.39 Å². The number of aliphatic hydroxyl groups is 2. The zero-order valence-electron chi connectivity index (χ0n) is 73.1. The van der Waals surface area contributed by atoms with Crippen molar-refractivity contribution in [3.05, 3.63) is 71.5 Å². The van der Waals surface area contributed by atoms with Crippen molar-refractivity contribution in [3.63, 3.8) is 0 Å². The molecule has 50 heteroatoms. The van der Waals surface area contributed by atoms with Crippen LogP contribution >= 0.6 is 0 Å². The van der Waals surface area contributed by atoms with Gasteiger partial charge in [0.1, 0.15) is 84.4 Å². The minimum Gasteiger partial charge on any atom is -0.394 e. The highest BCUT2D eigenvalue weighted by Gasteiger charge is 2.38. The molecular weight excluding hydrogens is 1700 g/mol. The number of primary amides is 3. The Morgan fingerprint density at radius 3 is 1.21 bits per heavy atom. The van der Waals surface area contributed by atoms with Crippen molar-refractivity contribution >= 4 is 124 Å². The first-order valence-corrected chi connectivity index (χ1v) is 41.7. The minimum atomic E-state index is -1.85. The SMILES string of the molecule is CC(C)C[C@H](NC(=O)[C@H](CCCCN)NC(=O)[C@H](CCCN=C(N)N)NC(=O)[C@H](C)NC(=O)[C@H](CO)NC(=O)[C@H](CCCCN)NC(=O)[C@H](CCCN=C(N)N)NC(=O)[C@H](C)NC(=O)CNC(=O)[C@@H](NC(=O)[C@H](Cc1ccc(F)cc1)NC(=O)CNC(=O)CNC(=O)[C@@H](N)Cc1ccccc1)[C@@H](C)O)C(=O)N[C@@H](C)C(=O)N[C@@H](CC(N)=O)C(=O)N[C@@H](CCC(N)=O)C(N)=O. The van der Waals surface area contributed by atoms with E-state index in [9.17, 15) is 106 Å². The van der Waals surface area contributed by atoms with Crippen molar-refractivity contribution in [2.24, 2.45) is 73.2 Å². The summed E-state index contributed by atoms with van der Waals surface area (Å²) in [5.74, 6) is -20.5. The molecule has 0 saturated heterocycles. The Morgan fingerprint density at radius 2 is 0.760 bits per heavy atom. The second kappa shape index (κ2) is 59.6. The molecule has 2 aromatic rings. The van der Waals surface area contributed by atoms with Crippen molar-refractivity contribution in [2.75, 3.05) is 52.4 Å². The van der Waals surface area contributed by atoms with Crippen LogP contribution in [-0.2, 0) is 104 Å². The lowest BCUT2D eigenvalue weighted by atomic mass is 10.0. The number of carbonyl (C=O) groups excluding carboxylic acids is 19. The summed E-state index contributed by atoms with van der Waals surface area (Å²) < 4.78 is 13.9. The summed E-state index contributed by atoms with van der Waals surface area (Å²) >= 11 is 0. The first kappa shape index (κ1) is 112. The van der Waals surface area contributed by atoms with E-state index in [1.165, 1.54) is 32.9 Å². The Balaban J connectivity index is 2.32. The van der Waals surface area contributed by atoms with E-state index in [1.54, 1.807) is 44.2 Å². The van der Waals surface area contributed by atoms with Crippen LogP contribution in [0.1, 0.15) is 143 Å². The number of halogens is 1. The molecule has 0 bridgehead atoms. The Morgan fingerprint density at radius 1 is 0.372 bits per heavy atom. The fourth-order valence-electron chi connectivity index (χ4n) is 12.1. The molecule has 129 heavy (non-hydrogen) atoms. The average molecular weight is 1830 g/mol. The zero-order valence-corrected chi connectivity index (χ0v) is 73.1. The fourth-order valence-corrected chi connectivity index (χ4v) is 12.1. The Bertz CT molecular complexity index is 4160. The van der Waals surface area contributed by atoms with E-state index in [2.05, 4.69) is 95.1 Å². The molecular formula is C79H129FN28O21. The summed E-state index contributed by atoms with van der Waals surface area (Å²) in [6.45, 7) is 4.89. The number of unbranched alkanes of at least 4 members (excludes halogenated alkanes) is 2. The van der Waals surface area contributed by atoms with Crippen LogP contribution in [0.3, 0.4) is 0 Å². The topological polar surface area (TPSA) is 842 Å². The first-order valence-electron chi connectivity index (χ1n) is 41.7. The van der Waals surface area contributed by atoms with Gasteiger partial charge in [-0.2, -0.15) is 0 Å². The summed E-state index contributed by atoms with van der Waals surface area (Å²) in [5, 5.41) is 59.6. The van der Waals surface area contributed by atoms with Gasteiger partial charge in [0.05, 0.1) is 44.8 Å². The maximum Gasteiger partial charge on any atom is 0.245 e. The van der Waals surface area contributed by atoms with Gasteiger partial charge in [-0.3, -0.25) is 101 Å². The van der Waals surface area contributed by atoms with E-state index >= 15 is 0 Å². The number of carbonyl (C=O) groups is 19. The number of nitrogens with zero attached hydrogens (tertiary/aromatic N) is 2. The van der Waals surface area contributed by atoms with Crippen LogP contribution < -0.4 is 142 Å². The van der Waals surface area contributed by atoms with E-state index in [-0.39, 0.29) is 127 Å². The van der Waals surface area contributed by atoms with Gasteiger partial charge in [-0.15, -0.1) is 0 Å². The van der Waals surface area contributed by atoms with Gasteiger partial charge in [-0.25, -0.2) is 4.39 Å². The van der Waals surface area contributed by atoms with Gasteiger partial charge in [0, 0.05) is 25.9 Å². The highest BCUT2D eigenvalue weighted by atomic mass is 19.1. The van der Waals surface area contributed by atoms with E-state index in [0.29, 0.717) is 18.4 Å². The number of benzene rings is 2. The normalized spacial score (nSPS) is 14.4. The fraction of sp³-hybridized carbons (Fsp3) is 0.582. The Labute approximate surface area is 744 Å². The highest BCUT2D eigenvalue weighted by molar-refractivity contribution is 6.01. The largest absolute Gasteiger partial charge is 0.394 e. The quantitative estimate of drug-likeness (QED) is 0.0166. The van der Waals surface area contributed by atoms with E-state index in [0.717, 1.165) is 24.6 Å². The number of hydrogen-bond acceptors (Lipinski definition) is 26. The zero-order chi connectivity index (χ0) is 97.2. The predicted octanol–water partition coefficient (Wildman–Crippen LogP) is -11.9. The van der Waals surface area contributed by atoms with Crippen molar-refractivity contribution in [3.8, 4) is 0 Å². The number of amides is 19. The lowest BCUT2D eigenvalue weighted by Gasteiger charge is -2.28. The second-order valence-electron chi connectivity index (χ2n) is 30.8. The van der Waals surface area contributed by atoms with Gasteiger partial charge in [-0.1, -0.05) is 56.3 Å². The van der Waals surface area contributed by atoms with Gasteiger partial charge >= 0.3 is 0 Å². The number of nitrogens with one attached hydrogen (secondary N) is 16. The molecule has 2 aromatic carbocycles. The second-order valence-corrected chi connectivity index (χ2v) is 30.8. The molecule has 0 heterocycles. The number of guanidine groups is 2. The third-order valence-corrected chi connectivity index (χ3v) is 19.1. The summed E-state index contributed by atoms with van der Waals surface area (Å²) in [6, 6.07) is -7.85. The monoisotopic (exact) mass is 1820 g/mol. The Hall–Kier alpha value is -13.4. The molecule has 0 aliphatic rings. The summed E-state index contributed by atoms with van der Waals surface area (Å²) in [6.07, 6.45) is -3.04. The van der Waals surface area contributed by atoms with Gasteiger partial charge in [-0.05, 0) is 153 Å². The molecule has 0 radical (unpaired) electrons. The summed E-state index contributed by atoms with van der Waals surface area (Å²) in [5.41, 5.74) is 56.6. The van der Waals surface area contributed by atoms with E-state index in [1.807, 2.05) is 0 Å². The van der Waals surface area contributed by atoms with Gasteiger partial charge in [0.15, 0.2) is 11.9 Å². The third-order valence-electron chi connectivity index (χ3n) is 19.1. The molecule has 49 nitrogen and oxygen atoms in total. The van der Waals surface area contributed by atoms with Crippen LogP contribution in [0.5, 0.6) is 0 Å². The molecule has 38 N–H and O–H groups in total. The van der Waals surface area contributed by atoms with Crippen LogP contribution in [0, 0.1) is 11.7 Å². The van der Waals surface area contributed by atoms with E-state index < -0.39 is 241 Å². The smallest absolute Gasteiger partial charge is 0.245 e. The Kier molecular flexibility index (Phi) is 51.6. The average Bonchev–Trinajstić information content (AvgIpc) is 0.863. The number of rotatable bonds is 62. The van der Waals surface area contributed by atoms with Gasteiger partial charge in [0.25, 0.3) is 0 Å². The maximum atomic E-state index is 14.4. The van der Waals surface area contributed by atoms with Crippen molar-refractivity contribution in [1.82, 2.24) is 85.1 Å². The molecule has 19 amide bonds. The summed E-state index contributed by atoms with van der Waals surface area (Å²) in [4.78, 5) is 263. The highest BCUT2D eigenvalue weighted by Crippen LogP contribution is 2.14. The molecule has 0 aliphatic carbocycles. The lowest BCUT2D eigenvalue weighted by molar-refractivity contribution is -0.136. The molecule has 718 valence electrons. The number of aliphatic hydroxyl groups excluding tert-OH is 2. The molecule has 0 saturated carbocycles. The molecule has 0 aromatic heterocycles. The molecule has 15 atom stereocenters. The van der Waals surface area contributed by atoms with Crippen LogP contribution in [-0.4, -0.2) is 277 Å². The third kappa shape index (κ3) is 45.6. The molecule has 2 rings (SSSR count). The van der Waals surface area contributed by atoms with Crippen LogP contribution in [0.15, 0.2) is 64.6 Å².